The summed E-state index contributed by atoms with van der Waals surface area (Å²) in [6, 6.07) is 0. The van der Waals surface area contributed by atoms with E-state index in [1.807, 2.05) is 0 Å². The Kier molecular flexibility index (Phi) is 8.18. The summed E-state index contributed by atoms with van der Waals surface area (Å²) in [5.41, 5.74) is 0. The highest BCUT2D eigenvalue weighted by atomic mass is 16.4. The van der Waals surface area contributed by atoms with E-state index in [9.17, 15) is 9.59 Å². The fraction of sp³-hybridized carbons (Fsp3) is 0.250. The summed E-state index contributed by atoms with van der Waals surface area (Å²) in [7, 11) is 0. The molecule has 2 N–H and O–H groups in total. The van der Waals surface area contributed by atoms with Crippen LogP contribution in [0.4, 0.5) is 0 Å². The average molecular weight is 172 g/mol. The first-order valence-electron chi connectivity index (χ1n) is 3.16. The third kappa shape index (κ3) is 11.2. The van der Waals surface area contributed by atoms with E-state index >= 15 is 0 Å². The smallest absolute Gasteiger partial charge is 0.327 e. The summed E-state index contributed by atoms with van der Waals surface area (Å²) in [4.78, 5) is 19.1. The molecular weight excluding hydrogens is 160 g/mol. The van der Waals surface area contributed by atoms with Crippen LogP contribution in [0.15, 0.2) is 25.3 Å². The number of aliphatic carboxylic acids is 2. The van der Waals surface area contributed by atoms with Gasteiger partial charge >= 0.3 is 11.9 Å². The lowest BCUT2D eigenvalue weighted by atomic mass is 10.2. The maximum atomic E-state index is 9.86. The molecule has 0 bridgehead atoms. The molecule has 0 saturated carbocycles. The molecule has 4 nitrogen and oxygen atoms in total. The first-order chi connectivity index (χ1) is 5.45. The van der Waals surface area contributed by atoms with Gasteiger partial charge in [-0.05, 0) is 6.92 Å². The van der Waals surface area contributed by atoms with E-state index in [0.717, 1.165) is 6.08 Å². The van der Waals surface area contributed by atoms with Crippen LogP contribution in [0, 0.1) is 5.92 Å². The van der Waals surface area contributed by atoms with Crippen molar-refractivity contribution in [1.29, 1.82) is 0 Å². The van der Waals surface area contributed by atoms with Gasteiger partial charge in [-0.25, -0.2) is 4.79 Å². The van der Waals surface area contributed by atoms with Gasteiger partial charge in [0, 0.05) is 6.08 Å². The van der Waals surface area contributed by atoms with E-state index in [-0.39, 0.29) is 0 Å². The highest BCUT2D eigenvalue weighted by Crippen LogP contribution is 1.92. The van der Waals surface area contributed by atoms with Crippen LogP contribution in [0.3, 0.4) is 0 Å². The molecule has 0 aromatic rings. The standard InChI is InChI=1S/C5H8O2.C3H4O2/c1-3-4(2)5(6)7;1-2-3(4)5/h3-4H,1H2,2H3,(H,6,7);2H,1H2,(H,4,5). The number of hydrogen-bond acceptors (Lipinski definition) is 2. The normalized spacial score (nSPS) is 10.1. The van der Waals surface area contributed by atoms with E-state index in [2.05, 4.69) is 13.2 Å². The summed E-state index contributed by atoms with van der Waals surface area (Å²) in [6.45, 7) is 7.84. The van der Waals surface area contributed by atoms with Crippen molar-refractivity contribution in [3.63, 3.8) is 0 Å². The molecular formula is C8H12O4. The van der Waals surface area contributed by atoms with Gasteiger partial charge in [-0.1, -0.05) is 12.7 Å². The van der Waals surface area contributed by atoms with E-state index in [4.69, 9.17) is 10.2 Å². The zero-order valence-electron chi connectivity index (χ0n) is 6.86. The molecule has 0 aliphatic heterocycles. The molecule has 0 aromatic heterocycles. The van der Waals surface area contributed by atoms with Crippen molar-refractivity contribution in [3.8, 4) is 0 Å². The van der Waals surface area contributed by atoms with Crippen LogP contribution in [0.25, 0.3) is 0 Å². The predicted molar refractivity (Wildman–Crippen MR) is 44.8 cm³/mol. The molecule has 0 spiro atoms. The van der Waals surface area contributed by atoms with Gasteiger partial charge in [0.2, 0.25) is 0 Å². The molecule has 68 valence electrons. The van der Waals surface area contributed by atoms with Crippen molar-refractivity contribution >= 4 is 11.9 Å². The molecule has 0 saturated heterocycles. The van der Waals surface area contributed by atoms with Crippen molar-refractivity contribution in [1.82, 2.24) is 0 Å². The Hall–Kier alpha value is -1.58. The van der Waals surface area contributed by atoms with E-state index in [1.165, 1.54) is 6.08 Å². The van der Waals surface area contributed by atoms with Crippen LogP contribution in [-0.4, -0.2) is 22.2 Å². The molecule has 4 heteroatoms. The lowest BCUT2D eigenvalue weighted by Crippen LogP contribution is -2.04. The second kappa shape index (κ2) is 7.53. The largest absolute Gasteiger partial charge is 0.481 e. The molecule has 0 rings (SSSR count). The molecule has 0 heterocycles. The molecule has 0 radical (unpaired) electrons. The SMILES string of the molecule is C=CC(=O)O.C=CC(C)C(=O)O. The van der Waals surface area contributed by atoms with E-state index in [0.29, 0.717) is 0 Å². The minimum atomic E-state index is -0.981. The lowest BCUT2D eigenvalue weighted by molar-refractivity contribution is -0.139. The molecule has 0 fully saturated rings. The summed E-state index contributed by atoms with van der Waals surface area (Å²) < 4.78 is 0. The molecule has 0 aliphatic rings. The zero-order valence-corrected chi connectivity index (χ0v) is 6.86. The highest BCUT2D eigenvalue weighted by molar-refractivity contribution is 5.78. The Morgan fingerprint density at radius 1 is 1.33 bits per heavy atom. The summed E-state index contributed by atoms with van der Waals surface area (Å²) in [6.07, 6.45) is 2.22. The van der Waals surface area contributed by atoms with Gasteiger partial charge in [0.15, 0.2) is 0 Å². The van der Waals surface area contributed by atoms with Crippen LogP contribution >= 0.6 is 0 Å². The average Bonchev–Trinajstić information content (AvgIpc) is 2.04. The molecule has 0 aromatic carbocycles. The number of rotatable bonds is 3. The Bertz CT molecular complexity index is 183. The first kappa shape index (κ1) is 13.0. The highest BCUT2D eigenvalue weighted by Gasteiger charge is 2.02. The summed E-state index contributed by atoms with van der Waals surface area (Å²) in [5, 5.41) is 15.7. The molecule has 0 aliphatic carbocycles. The van der Waals surface area contributed by atoms with Crippen molar-refractivity contribution in [3.05, 3.63) is 25.3 Å². The topological polar surface area (TPSA) is 74.6 Å². The van der Waals surface area contributed by atoms with Crippen molar-refractivity contribution in [2.45, 2.75) is 6.92 Å². The number of carboxylic acid groups (broad SMARTS) is 2. The van der Waals surface area contributed by atoms with Gasteiger partial charge in [-0.2, -0.15) is 0 Å². The van der Waals surface area contributed by atoms with Gasteiger partial charge in [-0.3, -0.25) is 4.79 Å². The first-order valence-corrected chi connectivity index (χ1v) is 3.16. The Morgan fingerprint density at radius 2 is 1.67 bits per heavy atom. The predicted octanol–water partition coefficient (Wildman–Crippen LogP) is 1.15. The third-order valence-corrected chi connectivity index (χ3v) is 0.918. The monoisotopic (exact) mass is 172 g/mol. The molecule has 12 heavy (non-hydrogen) atoms. The zero-order chi connectivity index (χ0) is 10.1. The van der Waals surface area contributed by atoms with Crippen LogP contribution in [0.2, 0.25) is 0 Å². The maximum absolute atomic E-state index is 9.86. The van der Waals surface area contributed by atoms with E-state index < -0.39 is 17.9 Å². The number of carboxylic acids is 2. The second-order valence-corrected chi connectivity index (χ2v) is 1.90. The fourth-order valence-electron chi connectivity index (χ4n) is 0.101. The van der Waals surface area contributed by atoms with Gasteiger partial charge in [0.05, 0.1) is 5.92 Å². The van der Waals surface area contributed by atoms with Crippen molar-refractivity contribution < 1.29 is 19.8 Å². The lowest BCUT2D eigenvalue weighted by Gasteiger charge is -1.92. The fourth-order valence-corrected chi connectivity index (χ4v) is 0.101. The van der Waals surface area contributed by atoms with Crippen LogP contribution < -0.4 is 0 Å². The second-order valence-electron chi connectivity index (χ2n) is 1.90. The van der Waals surface area contributed by atoms with Gasteiger partial charge in [-0.15, -0.1) is 6.58 Å². The van der Waals surface area contributed by atoms with Gasteiger partial charge in [0.1, 0.15) is 0 Å². The van der Waals surface area contributed by atoms with Crippen LogP contribution in [0.5, 0.6) is 0 Å². The Balaban J connectivity index is 0. The molecule has 1 atom stereocenters. The van der Waals surface area contributed by atoms with Crippen molar-refractivity contribution in [2.75, 3.05) is 0 Å². The van der Waals surface area contributed by atoms with Gasteiger partial charge < -0.3 is 10.2 Å². The Morgan fingerprint density at radius 3 is 1.67 bits per heavy atom. The Labute approximate surface area is 70.8 Å². The minimum absolute atomic E-state index is 0.417. The third-order valence-electron chi connectivity index (χ3n) is 0.918. The van der Waals surface area contributed by atoms with Crippen LogP contribution in [-0.2, 0) is 9.59 Å². The number of carbonyl (C=O) groups is 2. The van der Waals surface area contributed by atoms with Crippen molar-refractivity contribution in [2.24, 2.45) is 5.92 Å². The van der Waals surface area contributed by atoms with Crippen LogP contribution in [0.1, 0.15) is 6.92 Å². The van der Waals surface area contributed by atoms with Gasteiger partial charge in [0.25, 0.3) is 0 Å². The molecule has 0 amide bonds. The van der Waals surface area contributed by atoms with E-state index in [1.54, 1.807) is 6.92 Å². The quantitative estimate of drug-likeness (QED) is 0.494. The number of hydrogen-bond donors (Lipinski definition) is 2. The summed E-state index contributed by atoms with van der Waals surface area (Å²) >= 11 is 0. The molecule has 1 unspecified atom stereocenters. The minimum Gasteiger partial charge on any atom is -0.481 e. The summed E-state index contributed by atoms with van der Waals surface area (Å²) in [5.74, 6) is -2.22. The maximum Gasteiger partial charge on any atom is 0.327 e.